The summed E-state index contributed by atoms with van der Waals surface area (Å²) < 4.78 is 26.5. The molecule has 1 aliphatic rings. The predicted molar refractivity (Wildman–Crippen MR) is 128 cm³/mol. The van der Waals surface area contributed by atoms with E-state index in [-0.39, 0.29) is 0 Å². The second-order valence-electron chi connectivity index (χ2n) is 9.26. The van der Waals surface area contributed by atoms with Crippen LogP contribution < -0.4 is 14.9 Å². The van der Waals surface area contributed by atoms with Gasteiger partial charge in [0.1, 0.15) is 23.6 Å². The molecule has 3 heterocycles. The minimum Gasteiger partial charge on any atom is -0.489 e. The van der Waals surface area contributed by atoms with E-state index in [0.717, 1.165) is 22.3 Å². The van der Waals surface area contributed by atoms with Crippen LogP contribution in [0.1, 0.15) is 33.3 Å². The van der Waals surface area contributed by atoms with E-state index in [2.05, 4.69) is 4.98 Å². The van der Waals surface area contributed by atoms with Crippen molar-refractivity contribution in [2.24, 2.45) is 0 Å². The third-order valence-corrected chi connectivity index (χ3v) is 6.33. The van der Waals surface area contributed by atoms with Gasteiger partial charge in [0.15, 0.2) is 5.75 Å². The van der Waals surface area contributed by atoms with Crippen LogP contribution in [-0.2, 0) is 15.9 Å². The molecule has 0 radical (unpaired) electrons. The average molecular weight is 442 g/mol. The Morgan fingerprint density at radius 2 is 1.58 bits per heavy atom. The molecule has 168 valence electrons. The zero-order valence-electron chi connectivity index (χ0n) is 19.3. The molecule has 0 spiro atoms. The number of pyridine rings is 1. The Bertz CT molecular complexity index is 1240. The summed E-state index contributed by atoms with van der Waals surface area (Å²) in [5, 5.41) is 0. The molecule has 1 fully saturated rings. The molecule has 2 aromatic heterocycles. The lowest BCUT2D eigenvalue weighted by molar-refractivity contribution is 0.00578. The maximum absolute atomic E-state index is 6.24. The van der Waals surface area contributed by atoms with Crippen molar-refractivity contribution in [2.75, 3.05) is 0 Å². The fourth-order valence-electron chi connectivity index (χ4n) is 3.68. The van der Waals surface area contributed by atoms with Gasteiger partial charge in [0.05, 0.1) is 23.7 Å². The Kier molecular flexibility index (Phi) is 5.39. The number of nitrogens with zero attached hydrogens (tertiary/aromatic N) is 2. The molecule has 0 unspecified atom stereocenters. The van der Waals surface area contributed by atoms with Crippen LogP contribution in [-0.4, -0.2) is 27.7 Å². The second kappa shape index (κ2) is 8.25. The van der Waals surface area contributed by atoms with E-state index in [1.807, 2.05) is 99.0 Å². The van der Waals surface area contributed by atoms with Crippen molar-refractivity contribution in [3.05, 3.63) is 84.9 Å². The number of fused-ring (bicyclic) bond motifs is 1. The standard InChI is InChI=1S/C26H27BN2O4/c1-25(2)26(3,4)33-27(32-25)20-14-24(23-15-28-18-29(23)16-20)31-22-12-10-21(11-13-22)30-17-19-8-6-5-7-9-19/h5-16,18H,17H2,1-4H3. The zero-order valence-corrected chi connectivity index (χ0v) is 19.3. The lowest BCUT2D eigenvalue weighted by atomic mass is 9.80. The fraction of sp³-hybridized carbons (Fsp3) is 0.269. The normalized spacial score (nSPS) is 16.8. The zero-order chi connectivity index (χ0) is 23.1. The molecule has 0 N–H and O–H groups in total. The number of imidazole rings is 1. The Morgan fingerprint density at radius 3 is 2.27 bits per heavy atom. The van der Waals surface area contributed by atoms with Gasteiger partial charge >= 0.3 is 7.12 Å². The van der Waals surface area contributed by atoms with Crippen LogP contribution in [0.25, 0.3) is 5.52 Å². The molecule has 0 atom stereocenters. The molecule has 5 rings (SSSR count). The van der Waals surface area contributed by atoms with Crippen molar-refractivity contribution >= 4 is 18.1 Å². The maximum Gasteiger partial charge on any atom is 0.496 e. The van der Waals surface area contributed by atoms with Crippen molar-refractivity contribution < 1.29 is 18.8 Å². The van der Waals surface area contributed by atoms with Gasteiger partial charge in [0, 0.05) is 11.7 Å². The van der Waals surface area contributed by atoms with Gasteiger partial charge in [0.2, 0.25) is 0 Å². The van der Waals surface area contributed by atoms with Crippen molar-refractivity contribution in [1.29, 1.82) is 0 Å². The van der Waals surface area contributed by atoms with Crippen LogP contribution in [0, 0.1) is 0 Å². The molecule has 33 heavy (non-hydrogen) atoms. The van der Waals surface area contributed by atoms with Gasteiger partial charge in [-0.25, -0.2) is 4.98 Å². The Balaban J connectivity index is 1.35. The van der Waals surface area contributed by atoms with Crippen LogP contribution in [0.2, 0.25) is 0 Å². The molecule has 0 saturated carbocycles. The topological polar surface area (TPSA) is 54.2 Å². The number of hydrogen-bond acceptors (Lipinski definition) is 5. The van der Waals surface area contributed by atoms with Crippen LogP contribution in [0.5, 0.6) is 17.2 Å². The third-order valence-electron chi connectivity index (χ3n) is 6.33. The van der Waals surface area contributed by atoms with Crippen LogP contribution in [0.3, 0.4) is 0 Å². The summed E-state index contributed by atoms with van der Waals surface area (Å²) in [7, 11) is -0.488. The lowest BCUT2D eigenvalue weighted by Gasteiger charge is -2.32. The predicted octanol–water partition coefficient (Wildman–Crippen LogP) is 5.00. The quantitative estimate of drug-likeness (QED) is 0.393. The molecule has 0 aliphatic carbocycles. The van der Waals surface area contributed by atoms with Gasteiger partial charge < -0.3 is 23.2 Å². The smallest absolute Gasteiger partial charge is 0.489 e. The first kappa shape index (κ1) is 21.6. The third kappa shape index (κ3) is 4.34. The summed E-state index contributed by atoms with van der Waals surface area (Å²) in [6.45, 7) is 8.69. The molecular weight excluding hydrogens is 415 g/mol. The Labute approximate surface area is 194 Å². The van der Waals surface area contributed by atoms with Crippen molar-refractivity contribution in [2.45, 2.75) is 45.5 Å². The van der Waals surface area contributed by atoms with Gasteiger partial charge in [-0.05, 0) is 63.6 Å². The molecule has 0 amide bonds. The second-order valence-corrected chi connectivity index (χ2v) is 9.26. The van der Waals surface area contributed by atoms with E-state index >= 15 is 0 Å². The number of hydrogen-bond donors (Lipinski definition) is 0. The Morgan fingerprint density at radius 1 is 0.909 bits per heavy atom. The minimum atomic E-state index is -0.488. The molecule has 6 nitrogen and oxygen atoms in total. The van der Waals surface area contributed by atoms with E-state index in [1.54, 1.807) is 12.5 Å². The van der Waals surface area contributed by atoms with E-state index in [9.17, 15) is 0 Å². The monoisotopic (exact) mass is 442 g/mol. The molecule has 1 saturated heterocycles. The van der Waals surface area contributed by atoms with Crippen LogP contribution in [0.15, 0.2) is 79.4 Å². The molecule has 2 aromatic carbocycles. The van der Waals surface area contributed by atoms with E-state index in [4.69, 9.17) is 18.8 Å². The molecule has 7 heteroatoms. The van der Waals surface area contributed by atoms with E-state index in [0.29, 0.717) is 18.1 Å². The van der Waals surface area contributed by atoms with Crippen molar-refractivity contribution in [3.63, 3.8) is 0 Å². The minimum absolute atomic E-state index is 0.418. The highest BCUT2D eigenvalue weighted by Crippen LogP contribution is 2.37. The number of aromatic nitrogens is 2. The highest BCUT2D eigenvalue weighted by Gasteiger charge is 2.52. The largest absolute Gasteiger partial charge is 0.496 e. The maximum atomic E-state index is 6.24. The first-order valence-electron chi connectivity index (χ1n) is 11.1. The van der Waals surface area contributed by atoms with Crippen LogP contribution in [0.4, 0.5) is 0 Å². The molecule has 0 bridgehead atoms. The molecular formula is C26H27BN2O4. The summed E-state index contributed by atoms with van der Waals surface area (Å²) in [4.78, 5) is 4.28. The molecule has 1 aliphatic heterocycles. The van der Waals surface area contributed by atoms with Gasteiger partial charge in [-0.1, -0.05) is 30.3 Å². The number of benzene rings is 2. The average Bonchev–Trinajstić information content (AvgIpc) is 3.35. The van der Waals surface area contributed by atoms with E-state index < -0.39 is 18.3 Å². The van der Waals surface area contributed by atoms with Gasteiger partial charge in [-0.3, -0.25) is 0 Å². The highest BCUT2D eigenvalue weighted by molar-refractivity contribution is 6.62. The number of rotatable bonds is 6. The summed E-state index contributed by atoms with van der Waals surface area (Å²) >= 11 is 0. The van der Waals surface area contributed by atoms with E-state index in [1.165, 1.54) is 0 Å². The first-order valence-corrected chi connectivity index (χ1v) is 11.1. The summed E-state index contributed by atoms with van der Waals surface area (Å²) in [5.74, 6) is 2.17. The lowest BCUT2D eigenvalue weighted by Crippen LogP contribution is -2.41. The first-order chi connectivity index (χ1) is 15.8. The number of ether oxygens (including phenoxy) is 2. The summed E-state index contributed by atoms with van der Waals surface area (Å²) in [6.07, 6.45) is 5.50. The van der Waals surface area contributed by atoms with Crippen molar-refractivity contribution in [1.82, 2.24) is 9.38 Å². The van der Waals surface area contributed by atoms with Crippen molar-refractivity contribution in [3.8, 4) is 17.2 Å². The fourth-order valence-corrected chi connectivity index (χ4v) is 3.68. The van der Waals surface area contributed by atoms with Gasteiger partial charge in [-0.2, -0.15) is 0 Å². The van der Waals surface area contributed by atoms with Crippen LogP contribution >= 0.6 is 0 Å². The molecule has 4 aromatic rings. The SMILES string of the molecule is CC1(C)OB(c2cc(Oc3ccc(OCc4ccccc4)cc3)c3cncn3c2)OC1(C)C. The summed E-state index contributed by atoms with van der Waals surface area (Å²) in [6, 6.07) is 19.7. The van der Waals surface area contributed by atoms with Gasteiger partial charge in [0.25, 0.3) is 0 Å². The highest BCUT2D eigenvalue weighted by atomic mass is 16.7. The summed E-state index contributed by atoms with van der Waals surface area (Å²) in [5.41, 5.74) is 2.02. The van der Waals surface area contributed by atoms with Gasteiger partial charge in [-0.15, -0.1) is 0 Å². The Hall–Kier alpha value is -3.29.